The Balaban J connectivity index is 1.97. The number of halogens is 3. The lowest BCUT2D eigenvalue weighted by Gasteiger charge is -2.14. The molecule has 0 atom stereocenters. The molecular weight excluding hydrogens is 432 g/mol. The molecule has 3 heterocycles. The largest absolute Gasteiger partial charge is 0.481 e. The number of aromatic nitrogens is 4. The van der Waals surface area contributed by atoms with Crippen LogP contribution in [0.25, 0.3) is 11.0 Å². The fourth-order valence-electron chi connectivity index (χ4n) is 2.65. The highest BCUT2D eigenvalue weighted by molar-refractivity contribution is 7.93. The van der Waals surface area contributed by atoms with Gasteiger partial charge in [-0.2, -0.15) is 9.97 Å². The van der Waals surface area contributed by atoms with Gasteiger partial charge in [0.1, 0.15) is 15.7 Å². The third kappa shape index (κ3) is 4.48. The van der Waals surface area contributed by atoms with Crippen LogP contribution in [-0.2, 0) is 16.4 Å². The van der Waals surface area contributed by atoms with Gasteiger partial charge in [0, 0.05) is 18.0 Å². The number of anilines is 1. The van der Waals surface area contributed by atoms with E-state index in [1.54, 1.807) is 0 Å². The predicted molar refractivity (Wildman–Crippen MR) is 101 cm³/mol. The van der Waals surface area contributed by atoms with Gasteiger partial charge in [-0.25, -0.2) is 26.9 Å². The summed E-state index contributed by atoms with van der Waals surface area (Å²) in [6.45, 7) is 0. The molecule has 29 heavy (non-hydrogen) atoms. The SMILES string of the molecule is COc1nc(NS(=O)(=O)c2c[nH]c3nc(Cl)ccc23)nc(OC)c1CCC(F)F. The van der Waals surface area contributed by atoms with Gasteiger partial charge in [-0.3, -0.25) is 0 Å². The van der Waals surface area contributed by atoms with Gasteiger partial charge in [0.05, 0.1) is 19.8 Å². The molecular formula is C16H16ClF2N5O4S. The number of pyridine rings is 1. The second kappa shape index (κ2) is 8.33. The molecule has 0 unspecified atom stereocenters. The van der Waals surface area contributed by atoms with Gasteiger partial charge >= 0.3 is 0 Å². The number of nitrogens with one attached hydrogen (secondary N) is 2. The molecule has 9 nitrogen and oxygen atoms in total. The van der Waals surface area contributed by atoms with Gasteiger partial charge in [0.15, 0.2) is 0 Å². The van der Waals surface area contributed by atoms with Crippen molar-refractivity contribution in [2.45, 2.75) is 24.2 Å². The van der Waals surface area contributed by atoms with Crippen LogP contribution in [0.4, 0.5) is 14.7 Å². The molecule has 0 aliphatic carbocycles. The number of sulfonamides is 1. The quantitative estimate of drug-likeness (QED) is 0.509. The van der Waals surface area contributed by atoms with Crippen molar-refractivity contribution in [2.24, 2.45) is 0 Å². The second-order valence-electron chi connectivity index (χ2n) is 5.76. The number of aromatic amines is 1. The third-order valence-corrected chi connectivity index (χ3v) is 5.49. The summed E-state index contributed by atoms with van der Waals surface area (Å²) in [5.41, 5.74) is 0.500. The Hall–Kier alpha value is -2.73. The van der Waals surface area contributed by atoms with Gasteiger partial charge in [-0.1, -0.05) is 11.6 Å². The number of ether oxygens (including phenoxy) is 2. The first kappa shape index (κ1) is 21.0. The van der Waals surface area contributed by atoms with Gasteiger partial charge in [-0.15, -0.1) is 0 Å². The highest BCUT2D eigenvalue weighted by Gasteiger charge is 2.24. The lowest BCUT2D eigenvalue weighted by atomic mass is 10.2. The van der Waals surface area contributed by atoms with Crippen molar-refractivity contribution in [3.8, 4) is 11.8 Å². The first-order valence-corrected chi connectivity index (χ1v) is 10.0. The molecule has 0 saturated heterocycles. The van der Waals surface area contributed by atoms with Crippen molar-refractivity contribution < 1.29 is 26.7 Å². The number of rotatable bonds is 8. The summed E-state index contributed by atoms with van der Waals surface area (Å²) >= 11 is 5.81. The highest BCUT2D eigenvalue weighted by Crippen LogP contribution is 2.30. The second-order valence-corrected chi connectivity index (χ2v) is 7.80. The van der Waals surface area contributed by atoms with Crippen molar-refractivity contribution >= 4 is 38.6 Å². The van der Waals surface area contributed by atoms with Crippen LogP contribution in [0.15, 0.2) is 23.2 Å². The molecule has 13 heteroatoms. The molecule has 0 aromatic carbocycles. The molecule has 156 valence electrons. The van der Waals surface area contributed by atoms with Crippen LogP contribution in [0.3, 0.4) is 0 Å². The Morgan fingerprint density at radius 3 is 2.41 bits per heavy atom. The Bertz CT molecular complexity index is 1110. The van der Waals surface area contributed by atoms with Crippen LogP contribution in [-0.4, -0.2) is 49.0 Å². The molecule has 3 aromatic heterocycles. The van der Waals surface area contributed by atoms with E-state index in [0.29, 0.717) is 5.39 Å². The van der Waals surface area contributed by atoms with Crippen LogP contribution >= 0.6 is 11.6 Å². The average molecular weight is 448 g/mol. The third-order valence-electron chi connectivity index (χ3n) is 3.91. The van der Waals surface area contributed by atoms with Crippen LogP contribution in [0.1, 0.15) is 12.0 Å². The van der Waals surface area contributed by atoms with Gasteiger partial charge < -0.3 is 14.5 Å². The Labute approximate surface area is 169 Å². The lowest BCUT2D eigenvalue weighted by molar-refractivity contribution is 0.137. The maximum Gasteiger partial charge on any atom is 0.266 e. The number of hydrogen-bond acceptors (Lipinski definition) is 7. The van der Waals surface area contributed by atoms with Crippen molar-refractivity contribution in [1.29, 1.82) is 0 Å². The molecule has 0 bridgehead atoms. The molecule has 0 fully saturated rings. The van der Waals surface area contributed by atoms with E-state index in [-0.39, 0.29) is 45.4 Å². The van der Waals surface area contributed by atoms with Gasteiger partial charge in [0.25, 0.3) is 10.0 Å². The number of fused-ring (bicyclic) bond motifs is 1. The molecule has 0 aliphatic rings. The minimum absolute atomic E-state index is 0.0671. The van der Waals surface area contributed by atoms with Crippen LogP contribution in [0.5, 0.6) is 11.8 Å². The Morgan fingerprint density at radius 2 is 1.83 bits per heavy atom. The molecule has 3 rings (SSSR count). The van der Waals surface area contributed by atoms with Gasteiger partial charge in [-0.05, 0) is 18.6 Å². The zero-order chi connectivity index (χ0) is 21.2. The van der Waals surface area contributed by atoms with E-state index in [0.717, 1.165) is 0 Å². The monoisotopic (exact) mass is 447 g/mol. The highest BCUT2D eigenvalue weighted by atomic mass is 35.5. The molecule has 0 aliphatic heterocycles. The van der Waals surface area contributed by atoms with Crippen LogP contribution in [0.2, 0.25) is 5.15 Å². The van der Waals surface area contributed by atoms with E-state index in [1.807, 2.05) is 0 Å². The van der Waals surface area contributed by atoms with E-state index >= 15 is 0 Å². The van der Waals surface area contributed by atoms with Crippen molar-refractivity contribution in [1.82, 2.24) is 19.9 Å². The molecule has 3 aromatic rings. The fourth-order valence-corrected chi connectivity index (χ4v) is 3.91. The normalized spacial score (nSPS) is 11.8. The fraction of sp³-hybridized carbons (Fsp3) is 0.312. The first-order chi connectivity index (χ1) is 13.7. The van der Waals surface area contributed by atoms with Crippen LogP contribution < -0.4 is 14.2 Å². The number of alkyl halides is 2. The summed E-state index contributed by atoms with van der Waals surface area (Å²) in [4.78, 5) is 14.6. The number of H-pyrrole nitrogens is 1. The molecule has 0 saturated carbocycles. The summed E-state index contributed by atoms with van der Waals surface area (Å²) in [6.07, 6.45) is -1.84. The zero-order valence-electron chi connectivity index (χ0n) is 15.2. The molecule has 0 spiro atoms. The predicted octanol–water partition coefficient (Wildman–Crippen LogP) is 3.02. The van der Waals surface area contributed by atoms with E-state index in [2.05, 4.69) is 24.7 Å². The summed E-state index contributed by atoms with van der Waals surface area (Å²) in [5.74, 6) is -0.471. The zero-order valence-corrected chi connectivity index (χ0v) is 16.8. The molecule has 0 amide bonds. The van der Waals surface area contributed by atoms with Crippen molar-refractivity contribution in [3.05, 3.63) is 29.0 Å². The Kier molecular flexibility index (Phi) is 6.03. The smallest absolute Gasteiger partial charge is 0.266 e. The summed E-state index contributed by atoms with van der Waals surface area (Å²) in [7, 11) is -1.56. The van der Waals surface area contributed by atoms with E-state index in [9.17, 15) is 17.2 Å². The maximum absolute atomic E-state index is 12.8. The Morgan fingerprint density at radius 1 is 1.17 bits per heavy atom. The first-order valence-electron chi connectivity index (χ1n) is 8.18. The molecule has 0 radical (unpaired) electrons. The topological polar surface area (TPSA) is 119 Å². The minimum Gasteiger partial charge on any atom is -0.481 e. The number of hydrogen-bond donors (Lipinski definition) is 2. The standard InChI is InChI=1S/C16H16ClF2N5O4S/c1-27-14-9(4-6-12(18)19)15(28-2)23-16(22-14)24-29(25,26)10-7-20-13-8(10)3-5-11(17)21-13/h3,5,7,12H,4,6H2,1-2H3,(H,20,21)(H,22,23,24). The van der Waals surface area contributed by atoms with E-state index < -0.39 is 22.9 Å². The summed E-state index contributed by atoms with van der Waals surface area (Å²) in [5, 5.41) is 0.517. The lowest BCUT2D eigenvalue weighted by Crippen LogP contribution is -2.16. The van der Waals surface area contributed by atoms with E-state index in [1.165, 1.54) is 32.5 Å². The number of methoxy groups -OCH3 is 2. The summed E-state index contributed by atoms with van der Waals surface area (Å²) in [6, 6.07) is 2.96. The summed E-state index contributed by atoms with van der Waals surface area (Å²) < 4.78 is 63.2. The minimum atomic E-state index is -4.12. The average Bonchev–Trinajstić information content (AvgIpc) is 3.09. The van der Waals surface area contributed by atoms with Crippen molar-refractivity contribution in [2.75, 3.05) is 18.9 Å². The van der Waals surface area contributed by atoms with E-state index in [4.69, 9.17) is 21.1 Å². The van der Waals surface area contributed by atoms with Gasteiger partial charge in [0.2, 0.25) is 24.1 Å². The van der Waals surface area contributed by atoms with Crippen molar-refractivity contribution in [3.63, 3.8) is 0 Å². The molecule has 2 N–H and O–H groups in total. The van der Waals surface area contributed by atoms with Crippen LogP contribution in [0, 0.1) is 0 Å². The maximum atomic E-state index is 12.8. The number of nitrogens with zero attached hydrogens (tertiary/aromatic N) is 3.